The number of esters is 2. The molecule has 0 aromatic carbocycles. The van der Waals surface area contributed by atoms with Crippen LogP contribution < -0.4 is 0 Å². The second kappa shape index (κ2) is 9.16. The van der Waals surface area contributed by atoms with Gasteiger partial charge in [-0.15, -0.1) is 0 Å². The first-order valence-corrected chi connectivity index (χ1v) is 5.71. The van der Waals surface area contributed by atoms with Crippen LogP contribution in [0.25, 0.3) is 0 Å². The third-order valence-corrected chi connectivity index (χ3v) is 1.89. The van der Waals surface area contributed by atoms with Gasteiger partial charge in [-0.25, -0.2) is 9.59 Å². The van der Waals surface area contributed by atoms with Crippen LogP contribution in [-0.2, 0) is 28.5 Å². The van der Waals surface area contributed by atoms with Crippen molar-refractivity contribution in [2.24, 2.45) is 0 Å². The van der Waals surface area contributed by atoms with Crippen LogP contribution in [0.1, 0.15) is 13.8 Å². The Kier molecular flexibility index (Phi) is 8.28. The topological polar surface area (TPSA) is 71.1 Å². The maximum Gasteiger partial charge on any atom is 0.347 e. The Labute approximate surface area is 113 Å². The summed E-state index contributed by atoms with van der Waals surface area (Å²) in [4.78, 5) is 22.5. The van der Waals surface area contributed by atoms with Crippen LogP contribution in [0.2, 0.25) is 0 Å². The van der Waals surface area contributed by atoms with E-state index in [1.807, 2.05) is 0 Å². The Hall–Kier alpha value is -1.82. The van der Waals surface area contributed by atoms with Crippen LogP contribution >= 0.6 is 0 Å². The second-order valence-corrected chi connectivity index (χ2v) is 3.82. The van der Waals surface area contributed by atoms with E-state index in [9.17, 15) is 9.59 Å². The summed E-state index contributed by atoms with van der Waals surface area (Å²) in [6.45, 7) is 10.2. The number of methoxy groups -OCH3 is 1. The summed E-state index contributed by atoms with van der Waals surface area (Å²) in [7, 11) is 1.49. The van der Waals surface area contributed by atoms with Crippen LogP contribution in [0.3, 0.4) is 0 Å². The molecule has 0 N–H and O–H groups in total. The van der Waals surface area contributed by atoms with Gasteiger partial charge in [0.1, 0.15) is 25.6 Å². The van der Waals surface area contributed by atoms with Crippen LogP contribution in [0.5, 0.6) is 0 Å². The highest BCUT2D eigenvalue weighted by Gasteiger charge is 2.16. The molecule has 0 aromatic rings. The van der Waals surface area contributed by atoms with Crippen molar-refractivity contribution < 1.29 is 28.5 Å². The number of carbonyl (C=O) groups is 2. The van der Waals surface area contributed by atoms with E-state index in [1.165, 1.54) is 21.0 Å². The SMILES string of the molecule is C=C(COC)OC(C)C(=O)OCCOC(=O)C(=C)C. The molecule has 6 nitrogen and oxygen atoms in total. The largest absolute Gasteiger partial charge is 0.482 e. The van der Waals surface area contributed by atoms with Crippen molar-refractivity contribution in [3.8, 4) is 0 Å². The zero-order valence-electron chi connectivity index (χ0n) is 11.6. The molecule has 0 radical (unpaired) electrons. The highest BCUT2D eigenvalue weighted by molar-refractivity contribution is 5.86. The Balaban J connectivity index is 3.82. The van der Waals surface area contributed by atoms with Crippen molar-refractivity contribution in [2.45, 2.75) is 20.0 Å². The molecule has 0 saturated heterocycles. The van der Waals surface area contributed by atoms with Gasteiger partial charge in [0.2, 0.25) is 0 Å². The van der Waals surface area contributed by atoms with Gasteiger partial charge in [-0.1, -0.05) is 13.2 Å². The fourth-order valence-corrected chi connectivity index (χ4v) is 1.01. The molecule has 19 heavy (non-hydrogen) atoms. The summed E-state index contributed by atoms with van der Waals surface area (Å²) in [6.07, 6.45) is -0.792. The van der Waals surface area contributed by atoms with E-state index < -0.39 is 18.0 Å². The molecule has 0 spiro atoms. The predicted molar refractivity (Wildman–Crippen MR) is 68.3 cm³/mol. The van der Waals surface area contributed by atoms with Gasteiger partial charge in [0.15, 0.2) is 6.10 Å². The lowest BCUT2D eigenvalue weighted by molar-refractivity contribution is -0.158. The van der Waals surface area contributed by atoms with Gasteiger partial charge in [0, 0.05) is 12.7 Å². The van der Waals surface area contributed by atoms with Crippen LogP contribution in [0.4, 0.5) is 0 Å². The molecule has 0 heterocycles. The monoisotopic (exact) mass is 272 g/mol. The lowest BCUT2D eigenvalue weighted by Crippen LogP contribution is -2.25. The zero-order valence-corrected chi connectivity index (χ0v) is 11.6. The Morgan fingerprint density at radius 2 is 1.74 bits per heavy atom. The van der Waals surface area contributed by atoms with Crippen LogP contribution in [0, 0.1) is 0 Å². The van der Waals surface area contributed by atoms with Crippen molar-refractivity contribution in [1.29, 1.82) is 0 Å². The summed E-state index contributed by atoms with van der Waals surface area (Å²) in [6, 6.07) is 0. The number of ether oxygens (including phenoxy) is 4. The summed E-state index contributed by atoms with van der Waals surface area (Å²) >= 11 is 0. The molecule has 0 amide bonds. The maximum absolute atomic E-state index is 11.5. The summed E-state index contributed by atoms with van der Waals surface area (Å²) in [5.74, 6) is -0.752. The molecule has 0 bridgehead atoms. The van der Waals surface area contributed by atoms with Crippen molar-refractivity contribution in [3.05, 3.63) is 24.5 Å². The number of carbonyl (C=O) groups excluding carboxylic acids is 2. The Morgan fingerprint density at radius 3 is 2.26 bits per heavy atom. The predicted octanol–water partition coefficient (Wildman–Crippen LogP) is 1.21. The summed E-state index contributed by atoms with van der Waals surface area (Å²) < 4.78 is 19.6. The third-order valence-electron chi connectivity index (χ3n) is 1.89. The van der Waals surface area contributed by atoms with E-state index in [-0.39, 0.29) is 19.8 Å². The Morgan fingerprint density at radius 1 is 1.16 bits per heavy atom. The average Bonchev–Trinajstić information content (AvgIpc) is 2.33. The minimum Gasteiger partial charge on any atom is -0.482 e. The molecule has 6 heteroatoms. The van der Waals surface area contributed by atoms with E-state index >= 15 is 0 Å². The standard InChI is InChI=1S/C13H20O6/c1-9(2)12(14)17-6-7-18-13(15)11(4)19-10(3)8-16-5/h11H,1,3,6-8H2,2,4-5H3. The first-order valence-electron chi connectivity index (χ1n) is 5.71. The third kappa shape index (κ3) is 7.99. The Bertz CT molecular complexity index is 347. The van der Waals surface area contributed by atoms with Crippen LogP contribution in [-0.4, -0.2) is 45.0 Å². The lowest BCUT2D eigenvalue weighted by atomic mass is 10.4. The van der Waals surface area contributed by atoms with Crippen molar-refractivity contribution in [1.82, 2.24) is 0 Å². The molecular formula is C13H20O6. The van der Waals surface area contributed by atoms with Gasteiger partial charge < -0.3 is 18.9 Å². The quantitative estimate of drug-likeness (QED) is 0.272. The fourth-order valence-electron chi connectivity index (χ4n) is 1.01. The molecular weight excluding hydrogens is 252 g/mol. The molecule has 0 aliphatic carbocycles. The lowest BCUT2D eigenvalue weighted by Gasteiger charge is -2.15. The summed E-state index contributed by atoms with van der Waals surface area (Å²) in [5.41, 5.74) is 0.291. The molecule has 1 atom stereocenters. The van der Waals surface area contributed by atoms with E-state index in [1.54, 1.807) is 0 Å². The molecule has 0 aliphatic heterocycles. The highest BCUT2D eigenvalue weighted by Crippen LogP contribution is 2.03. The minimum absolute atomic E-state index is 0.0246. The average molecular weight is 272 g/mol. The summed E-state index contributed by atoms with van der Waals surface area (Å²) in [5, 5.41) is 0. The van der Waals surface area contributed by atoms with Gasteiger partial charge in [-0.2, -0.15) is 0 Å². The normalized spacial score (nSPS) is 11.3. The van der Waals surface area contributed by atoms with E-state index in [0.29, 0.717) is 11.3 Å². The number of rotatable bonds is 9. The first kappa shape index (κ1) is 17.2. The van der Waals surface area contributed by atoms with Gasteiger partial charge in [0.25, 0.3) is 0 Å². The van der Waals surface area contributed by atoms with Crippen molar-refractivity contribution >= 4 is 11.9 Å². The molecule has 0 fully saturated rings. The molecule has 0 saturated carbocycles. The van der Waals surface area contributed by atoms with Crippen molar-refractivity contribution in [3.63, 3.8) is 0 Å². The maximum atomic E-state index is 11.5. The number of hydrogen-bond acceptors (Lipinski definition) is 6. The van der Waals surface area contributed by atoms with Gasteiger partial charge >= 0.3 is 11.9 Å². The molecule has 108 valence electrons. The van der Waals surface area contributed by atoms with Gasteiger partial charge in [0.05, 0.1) is 0 Å². The molecule has 0 aliphatic rings. The fraction of sp³-hybridized carbons (Fsp3) is 0.538. The molecule has 1 unspecified atom stereocenters. The van der Waals surface area contributed by atoms with E-state index in [0.717, 1.165) is 0 Å². The first-order chi connectivity index (χ1) is 8.88. The second-order valence-electron chi connectivity index (χ2n) is 3.82. The van der Waals surface area contributed by atoms with Gasteiger partial charge in [-0.05, 0) is 13.8 Å². The van der Waals surface area contributed by atoms with Gasteiger partial charge in [-0.3, -0.25) is 0 Å². The molecule has 0 aromatic heterocycles. The van der Waals surface area contributed by atoms with E-state index in [2.05, 4.69) is 13.2 Å². The van der Waals surface area contributed by atoms with Crippen LogP contribution in [0.15, 0.2) is 24.5 Å². The highest BCUT2D eigenvalue weighted by atomic mass is 16.6. The zero-order chi connectivity index (χ0) is 14.8. The number of hydrogen-bond donors (Lipinski definition) is 0. The molecule has 0 rings (SSSR count). The minimum atomic E-state index is -0.792. The smallest absolute Gasteiger partial charge is 0.347 e. The van der Waals surface area contributed by atoms with Crippen molar-refractivity contribution in [2.75, 3.05) is 26.9 Å². The van der Waals surface area contributed by atoms with E-state index in [4.69, 9.17) is 18.9 Å².